The Bertz CT molecular complexity index is 5520. The number of ether oxygens (including phenoxy) is 6. The van der Waals surface area contributed by atoms with Crippen molar-refractivity contribution in [2.45, 2.75) is 196 Å². The summed E-state index contributed by atoms with van der Waals surface area (Å²) in [6, 6.07) is 36.3. The van der Waals surface area contributed by atoms with Gasteiger partial charge >= 0.3 is 66.0 Å². The van der Waals surface area contributed by atoms with Gasteiger partial charge in [-0.25, -0.2) is 37.1 Å². The first kappa shape index (κ1) is 123. The molecule has 0 saturated carbocycles. The zero-order valence-corrected chi connectivity index (χ0v) is 90.9. The Kier molecular flexibility index (Phi) is 55.9. The van der Waals surface area contributed by atoms with Crippen LogP contribution in [0.3, 0.4) is 0 Å². The van der Waals surface area contributed by atoms with Crippen molar-refractivity contribution in [2.24, 2.45) is 0 Å². The Balaban J connectivity index is 0.000000383. The van der Waals surface area contributed by atoms with Crippen LogP contribution in [0.25, 0.3) is 33.4 Å². The number of anilines is 3. The van der Waals surface area contributed by atoms with Crippen LogP contribution in [0.1, 0.15) is 140 Å². The molecular formula is C94H122BrCl3F4N21NaO15S4. The zero-order chi connectivity index (χ0) is 103. The van der Waals surface area contributed by atoms with Crippen molar-refractivity contribution in [3.63, 3.8) is 0 Å². The minimum atomic E-state index is -1.00. The van der Waals surface area contributed by atoms with Gasteiger partial charge in [0.2, 0.25) is 17.7 Å². The second-order valence-electron chi connectivity index (χ2n) is 34.0. The molecule has 3 aliphatic rings. The number of esters is 1. The maximum absolute atomic E-state index is 15.2. The van der Waals surface area contributed by atoms with Crippen LogP contribution in [-0.4, -0.2) is 244 Å². The number of alkyl halides is 3. The first-order valence-electron chi connectivity index (χ1n) is 45.1. The molecule has 0 spiro atoms. The summed E-state index contributed by atoms with van der Waals surface area (Å²) in [6.07, 6.45) is 7.65. The molecule has 9 N–H and O–H groups in total. The number of benzene rings is 6. The molecule has 3 saturated heterocycles. The van der Waals surface area contributed by atoms with E-state index in [-0.39, 0.29) is 129 Å². The number of carbonyl (C=O) groups is 9. The van der Waals surface area contributed by atoms with Crippen LogP contribution in [0.5, 0.6) is 0 Å². The number of thioether (sulfide) groups is 3. The monoisotopic (exact) mass is 2200 g/mol. The van der Waals surface area contributed by atoms with E-state index in [0.29, 0.717) is 76.3 Å². The van der Waals surface area contributed by atoms with Crippen LogP contribution in [0.15, 0.2) is 172 Å². The maximum atomic E-state index is 15.2. The quantitative estimate of drug-likeness (QED) is 0.00257. The molecule has 4 aromatic heterocycles. The Hall–Kier alpha value is -10.6. The summed E-state index contributed by atoms with van der Waals surface area (Å²) < 4.78 is 91.8. The van der Waals surface area contributed by atoms with Gasteiger partial charge in [-0.2, -0.15) is 46.3 Å². The summed E-state index contributed by atoms with van der Waals surface area (Å²) in [5.41, 5.74) is 6.16. The van der Waals surface area contributed by atoms with Crippen molar-refractivity contribution < 1.29 is 120 Å². The topological polar surface area (TPSA) is 448 Å². The van der Waals surface area contributed by atoms with Crippen molar-refractivity contribution in [3.05, 3.63) is 186 Å². The van der Waals surface area contributed by atoms with Crippen LogP contribution in [0.2, 0.25) is 0 Å². The van der Waals surface area contributed by atoms with Gasteiger partial charge in [-0.05, 0) is 194 Å². The molecule has 36 nitrogen and oxygen atoms in total. The number of cyclic esters (lactones) is 3. The van der Waals surface area contributed by atoms with Gasteiger partial charge in [-0.1, -0.05) is 88.7 Å². The largest absolute Gasteiger partial charge is 1.00 e. The van der Waals surface area contributed by atoms with E-state index < -0.39 is 78.5 Å². The van der Waals surface area contributed by atoms with Crippen molar-refractivity contribution >= 4 is 171 Å². The maximum Gasteiger partial charge on any atom is 1.00 e. The normalized spacial score (nSPS) is 13.9. The average Bonchev–Trinajstić information content (AvgIpc) is 1.55. The van der Waals surface area contributed by atoms with E-state index in [2.05, 4.69) is 117 Å². The predicted molar refractivity (Wildman–Crippen MR) is 549 cm³/mol. The van der Waals surface area contributed by atoms with Gasteiger partial charge in [-0.3, -0.25) is 38.3 Å². The summed E-state index contributed by atoms with van der Waals surface area (Å²) in [6.45, 7) is 25.2. The van der Waals surface area contributed by atoms with Crippen LogP contribution >= 0.6 is 87.6 Å². The second-order valence-corrected chi connectivity index (χ2v) is 38.8. The molecular weight excluding hydrogens is 2080 g/mol. The summed E-state index contributed by atoms with van der Waals surface area (Å²) in [5, 5.41) is 58.2. The standard InChI is InChI=1S/C29H35FN6O5S.C24H27FN6O3S.C19H18ClFN2O3.C10H18N4O2S.C9H17BrO2.C2H3N3S.CH3F.2ClH.Na/c1-19(37)31-15-23-18-36(28(39)40-23)22-10-11-24(25(30)14-22)21-8-6-20(7-9-21)17-35(27(38)41-29(2,3)4)12-5-13-42-26-16-32-34-33-26;1-16(32)27-13-20-15-31(24(33)34-20)19-7-8-21(22(25)11-19)18-5-3-17(4-6-18)12-26-9-2-10-35-23-14-28-30-29-23;1-12(24)22-10-16-11-23(19(25)26-16)15-6-7-17(18(21)8-15)14-4-2-13(9-20)3-5-14;1-10(2,3)16-9(15)11-5-4-6-17-8-7-12-14-13-8;1-9(2,3)12-8(11)6-4-5-7-10;6-2-1-3-5-4-2;1-2;;;/h6-11,14,16,23H,5,12-13,15,17-18H2,1-4H3,(H,31,37)(H,32,33,34);3-8,11,14,20,26H,2,9-10,12-13,15H2,1H3,(H,27,32)(H,28,29,30);2-8,16H,9-11H2,1H3,(H,22,24);7H,4-6H2,1-3H3,(H,11,15)(H,12,13,14);4-7H2,1-3H3;1H,(H2,3,4,5,6);1H3;2*1H;/q;;;;;;;;;+1/p-1/t23-;20-;16-;;;;;;;/m000......./s1/i;;;;;;1D;;;. The summed E-state index contributed by atoms with van der Waals surface area (Å²) in [4.78, 5) is 111. The number of hydrogen-bond acceptors (Lipinski definition) is 28. The number of halogens is 8. The number of alkyl carbamates (subject to hydrolysis) is 1. The number of H-pyrrole nitrogens is 4. The smallest absolute Gasteiger partial charge is 0.757 e. The number of nitrogens with one attached hydrogen (secondary N) is 9. The number of unbranched alkanes of at least 4 members (excludes halogenated alkanes) is 1. The molecule has 7 heterocycles. The number of nitrogens with zero attached hydrogens (tertiary/aromatic N) is 12. The summed E-state index contributed by atoms with van der Waals surface area (Å²) in [5.74, 6) is 0.939. The van der Waals surface area contributed by atoms with Gasteiger partial charge in [0.15, 0.2) is 0 Å². The van der Waals surface area contributed by atoms with Gasteiger partial charge in [0.05, 0.1) is 83.4 Å². The SMILES string of the molecule is CC(=O)NC[C@H]1CN(c2ccc(-c3ccc(CCl)cc3)c(F)c2)C(=O)O1.CC(=O)NC[C@H]1CN(c2ccc(-c3ccc(CN(CCCSc4cn[nH]n4)C(=O)OC(C)(C)C)cc3)c(F)c2)C(=O)O1.CC(=O)NC[C@H]1CN(c2ccc(-c3ccc(CNCCCSc4cn[nH]n4)cc3)c(F)c2)C(=O)O1.CC(C)(C)OC(=O)CCCCBr.CC(C)(C)OC(=O)NCCCSc1cn[nH]n1.Cl.Cl.[2H]CF.[Na+].[S-]c1cn[nH]n1. The van der Waals surface area contributed by atoms with Gasteiger partial charge in [-0.15, -0.1) is 87.0 Å². The van der Waals surface area contributed by atoms with Gasteiger partial charge in [0.1, 0.15) is 67.6 Å². The molecule has 774 valence electrons. The number of hydrogen-bond donors (Lipinski definition) is 9. The van der Waals surface area contributed by atoms with E-state index in [1.54, 1.807) is 107 Å². The van der Waals surface area contributed by atoms with Gasteiger partial charge in [0, 0.05) is 105 Å². The number of carbonyl (C=O) groups excluding carboxylic acids is 9. The number of rotatable bonds is 36. The molecule has 8 amide bonds. The van der Waals surface area contributed by atoms with Crippen molar-refractivity contribution in [1.82, 2.24) is 93.1 Å². The molecule has 0 aliphatic carbocycles. The average molecular weight is 2200 g/mol. The van der Waals surface area contributed by atoms with E-state index in [1.165, 1.54) is 59.9 Å². The molecule has 0 radical (unpaired) electrons. The van der Waals surface area contributed by atoms with Gasteiger partial charge < -0.3 is 72.5 Å². The Morgan fingerprint density at radius 1 is 0.510 bits per heavy atom. The Morgan fingerprint density at radius 3 is 1.20 bits per heavy atom. The predicted octanol–water partition coefficient (Wildman–Crippen LogP) is 14.9. The van der Waals surface area contributed by atoms with Gasteiger partial charge in [0.25, 0.3) is 0 Å². The molecule has 3 fully saturated rings. The van der Waals surface area contributed by atoms with Crippen molar-refractivity contribution in [3.8, 4) is 33.4 Å². The minimum absolute atomic E-state index is 0. The van der Waals surface area contributed by atoms with E-state index >= 15 is 4.39 Å². The molecule has 143 heavy (non-hydrogen) atoms. The second kappa shape index (κ2) is 65.0. The Morgan fingerprint density at radius 2 is 0.874 bits per heavy atom. The molecule has 13 rings (SSSR count). The number of amides is 8. The summed E-state index contributed by atoms with van der Waals surface area (Å²) >= 11 is 18.4. The third-order valence-electron chi connectivity index (χ3n) is 19.0. The fraction of sp³-hybridized carbons (Fsp3) is 0.436. The first-order chi connectivity index (χ1) is 67.2. The fourth-order valence-corrected chi connectivity index (χ4v) is 15.5. The van der Waals surface area contributed by atoms with Crippen LogP contribution < -0.4 is 70.8 Å². The molecule has 3 aliphatic heterocycles. The molecule has 49 heteroatoms. The minimum Gasteiger partial charge on any atom is -0.757 e. The zero-order valence-electron chi connectivity index (χ0n) is 82.6. The third kappa shape index (κ3) is 47.4. The summed E-state index contributed by atoms with van der Waals surface area (Å²) in [7, 11) is -1.00. The molecule has 3 atom stereocenters. The number of aromatic nitrogens is 12. The van der Waals surface area contributed by atoms with Crippen molar-refractivity contribution in [1.29, 1.82) is 0 Å². The molecule has 10 aromatic rings. The van der Waals surface area contributed by atoms with E-state index in [9.17, 15) is 56.3 Å². The van der Waals surface area contributed by atoms with E-state index in [4.69, 9.17) is 41.4 Å². The number of aromatic amines is 4. The van der Waals surface area contributed by atoms with Crippen molar-refractivity contribution in [2.75, 3.05) is 103 Å². The fourth-order valence-electron chi connectivity index (χ4n) is 12.7. The molecule has 0 bridgehead atoms. The first-order valence-corrected chi connectivity index (χ1v) is 49.4. The Labute approximate surface area is 896 Å². The van der Waals surface area contributed by atoms with E-state index in [0.717, 1.165) is 111 Å². The van der Waals surface area contributed by atoms with Crippen LogP contribution in [-0.2, 0) is 79.2 Å². The molecule has 0 unspecified atom stereocenters. The van der Waals surface area contributed by atoms with Crippen LogP contribution in [0.4, 0.5) is 58.6 Å². The van der Waals surface area contributed by atoms with E-state index in [1.807, 2.05) is 123 Å². The third-order valence-corrected chi connectivity index (χ3v) is 23.0. The molecule has 6 aromatic carbocycles. The van der Waals surface area contributed by atoms with Crippen LogP contribution in [0, 0.1) is 17.5 Å².